The summed E-state index contributed by atoms with van der Waals surface area (Å²) >= 11 is 0. The minimum absolute atomic E-state index is 0. The fourth-order valence-electron chi connectivity index (χ4n) is 0.882. The molecule has 0 fully saturated rings. The van der Waals surface area contributed by atoms with Crippen molar-refractivity contribution in [3.8, 4) is 0 Å². The summed E-state index contributed by atoms with van der Waals surface area (Å²) < 4.78 is 0. The molecule has 0 aliphatic heterocycles. The van der Waals surface area contributed by atoms with Crippen LogP contribution in [-0.2, 0) is 14.4 Å². The Bertz CT molecular complexity index is 368. The van der Waals surface area contributed by atoms with Gasteiger partial charge in [-0.15, -0.1) is 0 Å². The van der Waals surface area contributed by atoms with Gasteiger partial charge in [0.05, 0.1) is 17.3 Å². The van der Waals surface area contributed by atoms with Crippen LogP contribution in [0.15, 0.2) is 35.5 Å². The summed E-state index contributed by atoms with van der Waals surface area (Å²) in [5.74, 6) is -0.187. The van der Waals surface area contributed by atoms with Crippen molar-refractivity contribution in [2.75, 3.05) is 0 Å². The number of ketones is 3. The van der Waals surface area contributed by atoms with Crippen LogP contribution in [0.25, 0.3) is 0 Å². The first-order valence-electron chi connectivity index (χ1n) is 6.02. The van der Waals surface area contributed by atoms with E-state index >= 15 is 0 Å². The molecule has 0 saturated heterocycles. The number of hydrogen-bond acceptors (Lipinski definition) is 6. The molecule has 0 saturated carbocycles. The third-order valence-electron chi connectivity index (χ3n) is 1.24. The second kappa shape index (κ2) is 17.9. The predicted octanol–water partition coefficient (Wildman–Crippen LogP) is 3.11. The van der Waals surface area contributed by atoms with Crippen molar-refractivity contribution < 1.29 is 67.0 Å². The topological polar surface area (TPSA) is 112 Å². The maximum atomic E-state index is 10.0. The standard InChI is InChI=1S/3C5H8O2.Er/c3*1-4(6)3-5(2)7;/h3*3,6H,1-2H3;. The van der Waals surface area contributed by atoms with Crippen LogP contribution in [0.5, 0.6) is 0 Å². The molecule has 3 N–H and O–H groups in total. The quantitative estimate of drug-likeness (QED) is 0.434. The smallest absolute Gasteiger partial charge is 0.155 e. The molecule has 0 bridgehead atoms. The van der Waals surface area contributed by atoms with Gasteiger partial charge >= 0.3 is 0 Å². The van der Waals surface area contributed by atoms with Gasteiger partial charge in [0.2, 0.25) is 0 Å². The summed E-state index contributed by atoms with van der Waals surface area (Å²) in [6, 6.07) is 0. The maximum absolute atomic E-state index is 10.0. The van der Waals surface area contributed by atoms with Crippen molar-refractivity contribution in [1.82, 2.24) is 0 Å². The maximum Gasteiger partial charge on any atom is 0.155 e. The first-order chi connectivity index (χ1) is 9.38. The first-order valence-corrected chi connectivity index (χ1v) is 6.02. The molecule has 7 heteroatoms. The average molecular weight is 468 g/mol. The first kappa shape index (κ1) is 29.0. The molecule has 0 unspecified atom stereocenters. The van der Waals surface area contributed by atoms with Gasteiger partial charge in [-0.1, -0.05) is 0 Å². The van der Waals surface area contributed by atoms with E-state index in [-0.39, 0.29) is 71.9 Å². The molecule has 6 nitrogen and oxygen atoms in total. The van der Waals surface area contributed by atoms with Crippen molar-refractivity contribution in [3.63, 3.8) is 0 Å². The van der Waals surface area contributed by atoms with E-state index in [0.717, 1.165) is 0 Å². The molecule has 0 amide bonds. The Morgan fingerprint density at radius 2 is 0.682 bits per heavy atom. The molecule has 0 aromatic carbocycles. The van der Waals surface area contributed by atoms with Crippen LogP contribution in [0.2, 0.25) is 0 Å². The van der Waals surface area contributed by atoms with Crippen LogP contribution in [0, 0.1) is 37.3 Å². The summed E-state index contributed by atoms with van der Waals surface area (Å²) in [4.78, 5) is 30.1. The minimum Gasteiger partial charge on any atom is -0.512 e. The normalized spacial score (nSPS) is 10.9. The van der Waals surface area contributed by atoms with Crippen molar-refractivity contribution >= 4 is 17.3 Å². The van der Waals surface area contributed by atoms with Crippen LogP contribution >= 0.6 is 0 Å². The average Bonchev–Trinajstić information content (AvgIpc) is 2.10. The van der Waals surface area contributed by atoms with Crippen LogP contribution in [0.1, 0.15) is 41.5 Å². The van der Waals surface area contributed by atoms with Gasteiger partial charge in [-0.2, -0.15) is 0 Å². The Hall–Kier alpha value is -1.12. The fraction of sp³-hybridized carbons (Fsp3) is 0.400. The van der Waals surface area contributed by atoms with Crippen molar-refractivity contribution in [2.24, 2.45) is 0 Å². The monoisotopic (exact) mass is 466 g/mol. The van der Waals surface area contributed by atoms with E-state index in [0.29, 0.717) is 0 Å². The molecule has 0 rings (SSSR count). The van der Waals surface area contributed by atoms with Crippen molar-refractivity contribution in [1.29, 1.82) is 0 Å². The summed E-state index contributed by atoms with van der Waals surface area (Å²) in [6.07, 6.45) is 3.50. The SMILES string of the molecule is CC(=O)C=C(C)O.CC(=O)C=C(C)O.CC(=O)C=C(C)O.[Er]. The van der Waals surface area contributed by atoms with E-state index in [4.69, 9.17) is 15.3 Å². The molecule has 0 radical (unpaired) electrons. The molecular formula is C15H24ErO6. The van der Waals surface area contributed by atoms with Gasteiger partial charge in [-0.3, -0.25) is 14.4 Å². The Labute approximate surface area is 160 Å². The van der Waals surface area contributed by atoms with Crippen LogP contribution in [0.4, 0.5) is 0 Å². The number of aliphatic hydroxyl groups excluding tert-OH is 3. The molecule has 22 heavy (non-hydrogen) atoms. The zero-order valence-corrected chi connectivity index (χ0v) is 15.4. The number of aliphatic hydroxyl groups is 3. The van der Waals surface area contributed by atoms with Crippen molar-refractivity contribution in [3.05, 3.63) is 35.5 Å². The summed E-state index contributed by atoms with van der Waals surface area (Å²) in [6.45, 7) is 8.54. The van der Waals surface area contributed by atoms with Crippen LogP contribution in [0.3, 0.4) is 0 Å². The number of allylic oxidation sites excluding steroid dienone is 6. The summed E-state index contributed by atoms with van der Waals surface area (Å²) in [5, 5.41) is 25.1. The fourth-order valence-corrected chi connectivity index (χ4v) is 0.882. The van der Waals surface area contributed by atoms with Gasteiger partial charge in [0.1, 0.15) is 0 Å². The molecule has 0 aliphatic carbocycles. The van der Waals surface area contributed by atoms with Gasteiger partial charge in [-0.05, 0) is 41.5 Å². The van der Waals surface area contributed by atoms with Gasteiger partial charge in [0.25, 0.3) is 0 Å². The Balaban J connectivity index is -0.000000108. The van der Waals surface area contributed by atoms with E-state index in [1.54, 1.807) is 0 Å². The van der Waals surface area contributed by atoms with E-state index in [1.165, 1.54) is 59.8 Å². The van der Waals surface area contributed by atoms with Crippen LogP contribution in [-0.4, -0.2) is 32.7 Å². The third kappa shape index (κ3) is 51.0. The number of hydrogen-bond donors (Lipinski definition) is 3. The van der Waals surface area contributed by atoms with Gasteiger partial charge in [0.15, 0.2) is 17.3 Å². The molecule has 0 aromatic heterocycles. The number of carbonyl (C=O) groups excluding carboxylic acids is 3. The van der Waals surface area contributed by atoms with E-state index in [1.807, 2.05) is 0 Å². The van der Waals surface area contributed by atoms with E-state index < -0.39 is 0 Å². The number of carbonyl (C=O) groups is 3. The largest absolute Gasteiger partial charge is 0.512 e. The Kier molecular flexibility index (Phi) is 23.6. The minimum atomic E-state index is -0.125. The zero-order chi connectivity index (χ0) is 17.6. The molecule has 132 valence electrons. The molecular weight excluding hydrogens is 443 g/mol. The second-order valence-corrected chi connectivity index (χ2v) is 4.19. The van der Waals surface area contributed by atoms with Crippen LogP contribution < -0.4 is 0 Å². The third-order valence-corrected chi connectivity index (χ3v) is 1.24. The molecule has 0 spiro atoms. The molecule has 0 aromatic rings. The zero-order valence-electron chi connectivity index (χ0n) is 13.6. The van der Waals surface area contributed by atoms with Gasteiger partial charge < -0.3 is 15.3 Å². The predicted molar refractivity (Wildman–Crippen MR) is 81.2 cm³/mol. The van der Waals surface area contributed by atoms with E-state index in [9.17, 15) is 14.4 Å². The molecule has 0 heterocycles. The van der Waals surface area contributed by atoms with Gasteiger partial charge in [-0.25, -0.2) is 0 Å². The summed E-state index contributed by atoms with van der Waals surface area (Å²) in [5.41, 5.74) is 0. The Morgan fingerprint density at radius 3 is 0.682 bits per heavy atom. The number of rotatable bonds is 3. The van der Waals surface area contributed by atoms with E-state index in [2.05, 4.69) is 0 Å². The van der Waals surface area contributed by atoms with Gasteiger partial charge in [0, 0.05) is 55.5 Å². The Morgan fingerprint density at radius 1 is 0.545 bits per heavy atom. The molecule has 0 atom stereocenters. The summed E-state index contributed by atoms with van der Waals surface area (Å²) in [7, 11) is 0. The second-order valence-electron chi connectivity index (χ2n) is 4.19. The van der Waals surface area contributed by atoms with Crippen molar-refractivity contribution in [2.45, 2.75) is 41.5 Å². The molecule has 0 aliphatic rings.